The van der Waals surface area contributed by atoms with Gasteiger partial charge in [0.2, 0.25) is 0 Å². The molecule has 1 aliphatic rings. The van der Waals surface area contributed by atoms with Gasteiger partial charge in [-0.3, -0.25) is 9.46 Å². The Balaban J connectivity index is 2.64. The highest BCUT2D eigenvalue weighted by molar-refractivity contribution is 7.54. The molecule has 0 bridgehead atoms. The number of hydrogen-bond donors (Lipinski definition) is 0. The van der Waals surface area contributed by atoms with E-state index in [2.05, 4.69) is 4.90 Å². The third kappa shape index (κ3) is 3.56. The summed E-state index contributed by atoms with van der Waals surface area (Å²) in [5.74, 6) is -0.118. The van der Waals surface area contributed by atoms with Crippen LogP contribution in [-0.2, 0) is 13.6 Å². The zero-order chi connectivity index (χ0) is 12.0. The number of piperidine rings is 1. The summed E-state index contributed by atoms with van der Waals surface area (Å²) >= 11 is 0. The highest BCUT2D eigenvalue weighted by atomic mass is 31.2. The maximum atomic E-state index is 12.5. The van der Waals surface area contributed by atoms with E-state index in [1.807, 2.05) is 20.8 Å². The van der Waals surface area contributed by atoms with Gasteiger partial charge in [-0.1, -0.05) is 6.42 Å². The van der Waals surface area contributed by atoms with Crippen LogP contribution < -0.4 is 0 Å². The summed E-state index contributed by atoms with van der Waals surface area (Å²) in [4.78, 5) is 2.23. The van der Waals surface area contributed by atoms with Crippen molar-refractivity contribution in [3.63, 3.8) is 0 Å². The molecule has 0 radical (unpaired) electrons. The Kier molecular flexibility index (Phi) is 5.98. The average Bonchev–Trinajstić information content (AvgIpc) is 2.30. The molecule has 1 atom stereocenters. The summed E-state index contributed by atoms with van der Waals surface area (Å²) in [6, 6.07) is 0. The zero-order valence-corrected chi connectivity index (χ0v) is 11.5. The van der Waals surface area contributed by atoms with Crippen molar-refractivity contribution in [1.82, 2.24) is 4.90 Å². The fourth-order valence-electron chi connectivity index (χ4n) is 2.10. The van der Waals surface area contributed by atoms with Crippen LogP contribution in [0.5, 0.6) is 0 Å². The number of nitrogens with zero attached hydrogens (tertiary/aromatic N) is 1. The lowest BCUT2D eigenvalue weighted by atomic mass is 10.1. The van der Waals surface area contributed by atoms with E-state index in [4.69, 9.17) is 9.05 Å². The second-order valence-corrected chi connectivity index (χ2v) is 6.45. The van der Waals surface area contributed by atoms with Crippen molar-refractivity contribution in [2.75, 3.05) is 26.3 Å². The van der Waals surface area contributed by atoms with E-state index in [9.17, 15) is 4.57 Å². The van der Waals surface area contributed by atoms with Gasteiger partial charge in [-0.15, -0.1) is 0 Å². The molecule has 0 N–H and O–H groups in total. The van der Waals surface area contributed by atoms with Crippen LogP contribution >= 0.6 is 7.60 Å². The summed E-state index contributed by atoms with van der Waals surface area (Å²) in [7, 11) is -2.95. The highest BCUT2D eigenvalue weighted by Gasteiger charge is 2.36. The first kappa shape index (κ1) is 14.2. The molecule has 0 unspecified atom stereocenters. The second-order valence-electron chi connectivity index (χ2n) is 4.10. The molecule has 4 nitrogen and oxygen atoms in total. The third-order valence-electron chi connectivity index (χ3n) is 2.99. The van der Waals surface area contributed by atoms with E-state index < -0.39 is 7.60 Å². The van der Waals surface area contributed by atoms with Gasteiger partial charge in [-0.25, -0.2) is 0 Å². The molecule has 0 amide bonds. The van der Waals surface area contributed by atoms with Crippen molar-refractivity contribution < 1.29 is 13.6 Å². The monoisotopic (exact) mass is 249 g/mol. The van der Waals surface area contributed by atoms with Gasteiger partial charge in [0.05, 0.1) is 13.2 Å². The number of hydrogen-bond acceptors (Lipinski definition) is 4. The van der Waals surface area contributed by atoms with Gasteiger partial charge in [-0.2, -0.15) is 0 Å². The first-order valence-corrected chi connectivity index (χ1v) is 7.88. The summed E-state index contributed by atoms with van der Waals surface area (Å²) in [5.41, 5.74) is 0. The van der Waals surface area contributed by atoms with E-state index in [0.717, 1.165) is 13.1 Å². The van der Waals surface area contributed by atoms with Crippen molar-refractivity contribution in [3.8, 4) is 0 Å². The van der Waals surface area contributed by atoms with E-state index in [0.29, 0.717) is 13.2 Å². The van der Waals surface area contributed by atoms with Crippen LogP contribution in [0.15, 0.2) is 0 Å². The van der Waals surface area contributed by atoms with Crippen molar-refractivity contribution in [2.24, 2.45) is 0 Å². The van der Waals surface area contributed by atoms with Crippen molar-refractivity contribution >= 4 is 7.60 Å². The Morgan fingerprint density at radius 1 is 1.12 bits per heavy atom. The standard InChI is InChI=1S/C11H24NO3P/c1-4-14-16(13,15-5-2)11(3)12-9-7-6-8-10-12/h11H,4-10H2,1-3H3/t11-/m1/s1. The number of likely N-dealkylation sites (tertiary alicyclic amines) is 1. The van der Waals surface area contributed by atoms with Crippen LogP contribution in [0.3, 0.4) is 0 Å². The van der Waals surface area contributed by atoms with E-state index in [1.54, 1.807) is 0 Å². The normalized spacial score (nSPS) is 20.9. The van der Waals surface area contributed by atoms with Crippen LogP contribution in [0.2, 0.25) is 0 Å². The summed E-state index contributed by atoms with van der Waals surface area (Å²) < 4.78 is 23.3. The molecule has 1 aliphatic heterocycles. The SMILES string of the molecule is CCOP(=O)(OCC)[C@H](C)N1CCCCC1. The van der Waals surface area contributed by atoms with Gasteiger partial charge in [0.1, 0.15) is 5.78 Å². The average molecular weight is 249 g/mol. The van der Waals surface area contributed by atoms with E-state index in [1.165, 1.54) is 19.3 Å². The van der Waals surface area contributed by atoms with Gasteiger partial charge < -0.3 is 9.05 Å². The molecule has 0 spiro atoms. The van der Waals surface area contributed by atoms with Crippen molar-refractivity contribution in [1.29, 1.82) is 0 Å². The number of rotatable bonds is 6. The molecular formula is C11H24NO3P. The Hall–Kier alpha value is 0.110. The fourth-order valence-corrected chi connectivity index (χ4v) is 3.96. The summed E-state index contributed by atoms with van der Waals surface area (Å²) in [6.45, 7) is 8.56. The predicted octanol–water partition coefficient (Wildman–Crippen LogP) is 3.08. The molecule has 0 saturated carbocycles. The van der Waals surface area contributed by atoms with Crippen LogP contribution in [0.4, 0.5) is 0 Å². The predicted molar refractivity (Wildman–Crippen MR) is 65.7 cm³/mol. The molecule has 96 valence electrons. The van der Waals surface area contributed by atoms with Crippen LogP contribution in [0.1, 0.15) is 40.0 Å². The first-order valence-electron chi connectivity index (χ1n) is 6.27. The molecular weight excluding hydrogens is 225 g/mol. The van der Waals surface area contributed by atoms with Crippen LogP contribution in [0, 0.1) is 0 Å². The lowest BCUT2D eigenvalue weighted by molar-refractivity contribution is 0.153. The van der Waals surface area contributed by atoms with Gasteiger partial charge in [0.25, 0.3) is 0 Å². The molecule has 0 aromatic carbocycles. The highest BCUT2D eigenvalue weighted by Crippen LogP contribution is 2.54. The molecule has 1 heterocycles. The van der Waals surface area contributed by atoms with E-state index in [-0.39, 0.29) is 5.78 Å². The Morgan fingerprint density at radius 2 is 1.62 bits per heavy atom. The van der Waals surface area contributed by atoms with Gasteiger partial charge in [0, 0.05) is 0 Å². The van der Waals surface area contributed by atoms with Crippen molar-refractivity contribution in [3.05, 3.63) is 0 Å². The molecule has 1 rings (SSSR count). The second kappa shape index (κ2) is 6.75. The maximum Gasteiger partial charge on any atom is 0.347 e. The first-order chi connectivity index (χ1) is 7.64. The Labute approximate surface area is 98.8 Å². The van der Waals surface area contributed by atoms with Crippen molar-refractivity contribution in [2.45, 2.75) is 45.8 Å². The molecule has 1 fully saturated rings. The Morgan fingerprint density at radius 3 is 2.06 bits per heavy atom. The lowest BCUT2D eigenvalue weighted by Crippen LogP contribution is -2.38. The zero-order valence-electron chi connectivity index (χ0n) is 10.6. The summed E-state index contributed by atoms with van der Waals surface area (Å²) in [5, 5.41) is 0. The smallest absolute Gasteiger partial charge is 0.308 e. The molecule has 16 heavy (non-hydrogen) atoms. The van der Waals surface area contributed by atoms with Gasteiger partial charge in [-0.05, 0) is 46.7 Å². The topological polar surface area (TPSA) is 38.8 Å². The van der Waals surface area contributed by atoms with Gasteiger partial charge >= 0.3 is 7.60 Å². The Bertz CT molecular complexity index is 231. The molecule has 1 saturated heterocycles. The van der Waals surface area contributed by atoms with Crippen LogP contribution in [-0.4, -0.2) is 37.0 Å². The molecule has 0 aromatic rings. The lowest BCUT2D eigenvalue weighted by Gasteiger charge is -2.35. The minimum Gasteiger partial charge on any atom is -0.308 e. The largest absolute Gasteiger partial charge is 0.347 e. The molecule has 0 aliphatic carbocycles. The fraction of sp³-hybridized carbons (Fsp3) is 1.00. The maximum absolute atomic E-state index is 12.5. The minimum absolute atomic E-state index is 0.118. The third-order valence-corrected chi connectivity index (χ3v) is 5.47. The van der Waals surface area contributed by atoms with Crippen LogP contribution in [0.25, 0.3) is 0 Å². The summed E-state index contributed by atoms with van der Waals surface area (Å²) in [6.07, 6.45) is 3.64. The quantitative estimate of drug-likeness (QED) is 0.678. The van der Waals surface area contributed by atoms with E-state index >= 15 is 0 Å². The molecule has 5 heteroatoms. The minimum atomic E-state index is -2.95. The van der Waals surface area contributed by atoms with Gasteiger partial charge in [0.15, 0.2) is 0 Å². The molecule has 0 aromatic heterocycles.